The predicted molar refractivity (Wildman–Crippen MR) is 43.7 cm³/mol. The van der Waals surface area contributed by atoms with Crippen molar-refractivity contribution < 1.29 is 4.79 Å². The second-order valence-corrected chi connectivity index (χ2v) is 2.70. The zero-order valence-electron chi connectivity index (χ0n) is 7.01. The molecule has 1 aromatic heterocycles. The molecule has 0 aliphatic carbocycles. The molecule has 1 aromatic rings. The third kappa shape index (κ3) is 1.64. The van der Waals surface area contributed by atoms with Crippen LogP contribution in [0.15, 0.2) is 12.3 Å². The van der Waals surface area contributed by atoms with Gasteiger partial charge in [-0.2, -0.15) is 0 Å². The standard InChI is InChI=1S/C9H11NO/c1-6-5-10-7(2)4-9(6)8(3)11/h4-5H,1-3H3. The molecular weight excluding hydrogens is 138 g/mol. The summed E-state index contributed by atoms with van der Waals surface area (Å²) < 4.78 is 0. The first-order chi connectivity index (χ1) is 5.11. The molecule has 0 aliphatic heterocycles. The summed E-state index contributed by atoms with van der Waals surface area (Å²) in [6, 6.07) is 1.82. The topological polar surface area (TPSA) is 30.0 Å². The lowest BCUT2D eigenvalue weighted by Gasteiger charge is -2.00. The Kier molecular flexibility index (Phi) is 2.03. The molecule has 58 valence electrons. The third-order valence-corrected chi connectivity index (χ3v) is 1.62. The normalized spacial score (nSPS) is 9.73. The summed E-state index contributed by atoms with van der Waals surface area (Å²) in [6.45, 7) is 5.34. The van der Waals surface area contributed by atoms with Gasteiger partial charge in [-0.15, -0.1) is 0 Å². The average molecular weight is 149 g/mol. The van der Waals surface area contributed by atoms with E-state index in [1.165, 1.54) is 0 Å². The summed E-state index contributed by atoms with van der Waals surface area (Å²) in [5.41, 5.74) is 2.61. The van der Waals surface area contributed by atoms with E-state index in [4.69, 9.17) is 0 Å². The molecule has 0 radical (unpaired) electrons. The lowest BCUT2D eigenvalue weighted by atomic mass is 10.1. The number of hydrogen-bond acceptors (Lipinski definition) is 2. The summed E-state index contributed by atoms with van der Waals surface area (Å²) in [5, 5.41) is 0. The molecular formula is C9H11NO. The molecule has 0 bridgehead atoms. The van der Waals surface area contributed by atoms with Gasteiger partial charge in [-0.3, -0.25) is 9.78 Å². The lowest BCUT2D eigenvalue weighted by Crippen LogP contribution is -1.97. The zero-order valence-corrected chi connectivity index (χ0v) is 7.01. The van der Waals surface area contributed by atoms with Gasteiger partial charge in [-0.1, -0.05) is 0 Å². The Hall–Kier alpha value is -1.18. The quantitative estimate of drug-likeness (QED) is 0.571. The van der Waals surface area contributed by atoms with Crippen LogP contribution >= 0.6 is 0 Å². The van der Waals surface area contributed by atoms with Crippen LogP contribution in [0.25, 0.3) is 0 Å². The number of rotatable bonds is 1. The summed E-state index contributed by atoms with van der Waals surface area (Å²) >= 11 is 0. The molecule has 0 N–H and O–H groups in total. The Morgan fingerprint density at radius 2 is 2.09 bits per heavy atom. The Morgan fingerprint density at radius 3 is 2.55 bits per heavy atom. The van der Waals surface area contributed by atoms with Crippen LogP contribution in [0.2, 0.25) is 0 Å². The van der Waals surface area contributed by atoms with Crippen molar-refractivity contribution in [3.8, 4) is 0 Å². The Morgan fingerprint density at radius 1 is 1.45 bits per heavy atom. The van der Waals surface area contributed by atoms with Crippen LogP contribution < -0.4 is 0 Å². The number of Topliss-reactive ketones (excluding diaryl/α,β-unsaturated/α-hetero) is 1. The van der Waals surface area contributed by atoms with Crippen molar-refractivity contribution in [3.05, 3.63) is 29.1 Å². The molecule has 0 fully saturated rings. The van der Waals surface area contributed by atoms with Crippen molar-refractivity contribution >= 4 is 5.78 Å². The first-order valence-corrected chi connectivity index (χ1v) is 3.55. The highest BCUT2D eigenvalue weighted by Crippen LogP contribution is 2.07. The maximum Gasteiger partial charge on any atom is 0.160 e. The van der Waals surface area contributed by atoms with E-state index in [0.717, 1.165) is 16.8 Å². The van der Waals surface area contributed by atoms with Gasteiger partial charge < -0.3 is 0 Å². The van der Waals surface area contributed by atoms with Crippen molar-refractivity contribution in [3.63, 3.8) is 0 Å². The van der Waals surface area contributed by atoms with Crippen LogP contribution in [0.4, 0.5) is 0 Å². The van der Waals surface area contributed by atoms with E-state index in [0.29, 0.717) is 0 Å². The minimum absolute atomic E-state index is 0.105. The number of aromatic nitrogens is 1. The fourth-order valence-corrected chi connectivity index (χ4v) is 1.01. The minimum atomic E-state index is 0.105. The van der Waals surface area contributed by atoms with E-state index in [1.54, 1.807) is 13.1 Å². The third-order valence-electron chi connectivity index (χ3n) is 1.62. The van der Waals surface area contributed by atoms with Gasteiger partial charge in [-0.25, -0.2) is 0 Å². The number of hydrogen-bond donors (Lipinski definition) is 0. The van der Waals surface area contributed by atoms with Crippen LogP contribution in [-0.2, 0) is 0 Å². The first-order valence-electron chi connectivity index (χ1n) is 3.55. The van der Waals surface area contributed by atoms with E-state index in [-0.39, 0.29) is 5.78 Å². The highest BCUT2D eigenvalue weighted by Gasteiger charge is 2.02. The van der Waals surface area contributed by atoms with E-state index in [2.05, 4.69) is 4.98 Å². The number of nitrogens with zero attached hydrogens (tertiary/aromatic N) is 1. The van der Waals surface area contributed by atoms with Crippen molar-refractivity contribution in [2.45, 2.75) is 20.8 Å². The van der Waals surface area contributed by atoms with E-state index < -0.39 is 0 Å². The van der Waals surface area contributed by atoms with Gasteiger partial charge in [0.15, 0.2) is 5.78 Å². The molecule has 0 aliphatic rings. The number of carbonyl (C=O) groups is 1. The SMILES string of the molecule is CC(=O)c1cc(C)ncc1C. The molecule has 1 heterocycles. The smallest absolute Gasteiger partial charge is 0.160 e. The van der Waals surface area contributed by atoms with Gasteiger partial charge in [0.25, 0.3) is 0 Å². The second kappa shape index (κ2) is 2.82. The van der Waals surface area contributed by atoms with Crippen LogP contribution in [0.3, 0.4) is 0 Å². The van der Waals surface area contributed by atoms with Crippen molar-refractivity contribution in [1.82, 2.24) is 4.98 Å². The number of ketones is 1. The lowest BCUT2D eigenvalue weighted by molar-refractivity contribution is 0.101. The van der Waals surface area contributed by atoms with Gasteiger partial charge in [0.1, 0.15) is 0 Å². The maximum absolute atomic E-state index is 11.0. The molecule has 0 amide bonds. The van der Waals surface area contributed by atoms with Gasteiger partial charge in [0.05, 0.1) is 0 Å². The Balaban J connectivity index is 3.23. The highest BCUT2D eigenvalue weighted by molar-refractivity contribution is 5.95. The van der Waals surface area contributed by atoms with E-state index in [1.807, 2.05) is 19.9 Å². The molecule has 11 heavy (non-hydrogen) atoms. The van der Waals surface area contributed by atoms with Crippen LogP contribution in [0, 0.1) is 13.8 Å². The number of carbonyl (C=O) groups excluding carboxylic acids is 1. The molecule has 0 saturated heterocycles. The average Bonchev–Trinajstić information content (AvgIpc) is 1.94. The van der Waals surface area contributed by atoms with Crippen molar-refractivity contribution in [2.75, 3.05) is 0 Å². The van der Waals surface area contributed by atoms with Gasteiger partial charge in [0.2, 0.25) is 0 Å². The monoisotopic (exact) mass is 149 g/mol. The molecule has 1 rings (SSSR count). The van der Waals surface area contributed by atoms with Gasteiger partial charge in [-0.05, 0) is 32.4 Å². The first kappa shape index (κ1) is 7.92. The Labute approximate surface area is 66.3 Å². The van der Waals surface area contributed by atoms with Crippen LogP contribution in [-0.4, -0.2) is 10.8 Å². The minimum Gasteiger partial charge on any atom is -0.294 e. The summed E-state index contributed by atoms with van der Waals surface area (Å²) in [4.78, 5) is 15.1. The van der Waals surface area contributed by atoms with Gasteiger partial charge in [0, 0.05) is 17.5 Å². The molecule has 0 unspecified atom stereocenters. The maximum atomic E-state index is 11.0. The molecule has 2 nitrogen and oxygen atoms in total. The highest BCUT2D eigenvalue weighted by atomic mass is 16.1. The fraction of sp³-hybridized carbons (Fsp3) is 0.333. The van der Waals surface area contributed by atoms with Crippen molar-refractivity contribution in [2.24, 2.45) is 0 Å². The number of aryl methyl sites for hydroxylation is 2. The molecule has 0 spiro atoms. The van der Waals surface area contributed by atoms with Crippen LogP contribution in [0.5, 0.6) is 0 Å². The van der Waals surface area contributed by atoms with Crippen molar-refractivity contribution in [1.29, 1.82) is 0 Å². The Bertz CT molecular complexity index is 292. The summed E-state index contributed by atoms with van der Waals surface area (Å²) in [6.07, 6.45) is 1.73. The molecule has 0 saturated carbocycles. The molecule has 0 aromatic carbocycles. The summed E-state index contributed by atoms with van der Waals surface area (Å²) in [7, 11) is 0. The largest absolute Gasteiger partial charge is 0.294 e. The second-order valence-electron chi connectivity index (χ2n) is 2.70. The summed E-state index contributed by atoms with van der Waals surface area (Å²) in [5.74, 6) is 0.105. The fourth-order valence-electron chi connectivity index (χ4n) is 1.01. The van der Waals surface area contributed by atoms with Gasteiger partial charge >= 0.3 is 0 Å². The zero-order chi connectivity index (χ0) is 8.43. The molecule has 2 heteroatoms. The van der Waals surface area contributed by atoms with E-state index >= 15 is 0 Å². The molecule has 0 atom stereocenters. The number of pyridine rings is 1. The van der Waals surface area contributed by atoms with E-state index in [9.17, 15) is 4.79 Å². The predicted octanol–water partition coefficient (Wildman–Crippen LogP) is 1.90. The van der Waals surface area contributed by atoms with Crippen LogP contribution in [0.1, 0.15) is 28.5 Å².